The first-order valence-electron chi connectivity index (χ1n) is 6.06. The van der Waals surface area contributed by atoms with E-state index in [4.69, 9.17) is 0 Å². The van der Waals surface area contributed by atoms with Crippen LogP contribution in [0.1, 0.15) is 32.0 Å². The van der Waals surface area contributed by atoms with Crippen LogP contribution in [0.2, 0.25) is 0 Å². The van der Waals surface area contributed by atoms with Crippen molar-refractivity contribution in [3.8, 4) is 5.69 Å². The molecule has 2 aromatic rings. The Labute approximate surface area is 103 Å². The SMILES string of the molecule is Cc1c(CC(C)(C)C)cnn1-c1ccccc1. The molecule has 90 valence electrons. The average molecular weight is 228 g/mol. The Bertz CT molecular complexity index is 489. The van der Waals surface area contributed by atoms with Crippen LogP contribution >= 0.6 is 0 Å². The van der Waals surface area contributed by atoms with Gasteiger partial charge in [-0.05, 0) is 36.5 Å². The van der Waals surface area contributed by atoms with Gasteiger partial charge in [0, 0.05) is 5.69 Å². The number of para-hydroxylation sites is 1. The second-order valence-corrected chi connectivity index (χ2v) is 5.74. The highest BCUT2D eigenvalue weighted by Gasteiger charge is 2.16. The summed E-state index contributed by atoms with van der Waals surface area (Å²) < 4.78 is 2.01. The maximum Gasteiger partial charge on any atom is 0.0648 e. The zero-order chi connectivity index (χ0) is 12.5. The zero-order valence-corrected chi connectivity index (χ0v) is 11.1. The number of nitrogens with zero attached hydrogens (tertiary/aromatic N) is 2. The third-order valence-electron chi connectivity index (χ3n) is 2.83. The van der Waals surface area contributed by atoms with Crippen LogP contribution in [0.5, 0.6) is 0 Å². The monoisotopic (exact) mass is 228 g/mol. The molecule has 0 saturated heterocycles. The second kappa shape index (κ2) is 4.36. The van der Waals surface area contributed by atoms with E-state index < -0.39 is 0 Å². The van der Waals surface area contributed by atoms with Crippen LogP contribution in [0.15, 0.2) is 36.5 Å². The molecular formula is C15H20N2. The molecular weight excluding hydrogens is 208 g/mol. The number of aromatic nitrogens is 2. The quantitative estimate of drug-likeness (QED) is 0.765. The van der Waals surface area contributed by atoms with Crippen molar-refractivity contribution >= 4 is 0 Å². The van der Waals surface area contributed by atoms with Gasteiger partial charge < -0.3 is 0 Å². The molecule has 0 aliphatic heterocycles. The molecule has 0 bridgehead atoms. The minimum atomic E-state index is 0.301. The van der Waals surface area contributed by atoms with Gasteiger partial charge in [-0.15, -0.1) is 0 Å². The average Bonchev–Trinajstić information content (AvgIpc) is 2.60. The Morgan fingerprint density at radius 1 is 1.12 bits per heavy atom. The number of hydrogen-bond acceptors (Lipinski definition) is 1. The van der Waals surface area contributed by atoms with Gasteiger partial charge in [-0.2, -0.15) is 5.10 Å². The lowest BCUT2D eigenvalue weighted by molar-refractivity contribution is 0.410. The molecule has 1 aromatic carbocycles. The van der Waals surface area contributed by atoms with Gasteiger partial charge in [0.25, 0.3) is 0 Å². The Kier molecular flexibility index (Phi) is 3.05. The maximum atomic E-state index is 4.49. The van der Waals surface area contributed by atoms with Gasteiger partial charge in [-0.25, -0.2) is 4.68 Å². The van der Waals surface area contributed by atoms with Crippen LogP contribution in [0.25, 0.3) is 5.69 Å². The molecule has 0 atom stereocenters. The van der Waals surface area contributed by atoms with Crippen LogP contribution in [0, 0.1) is 12.3 Å². The fraction of sp³-hybridized carbons (Fsp3) is 0.400. The lowest BCUT2D eigenvalue weighted by Crippen LogP contribution is -2.10. The Hall–Kier alpha value is -1.57. The topological polar surface area (TPSA) is 17.8 Å². The largest absolute Gasteiger partial charge is 0.238 e. The van der Waals surface area contributed by atoms with Crippen LogP contribution in [0.3, 0.4) is 0 Å². The molecule has 0 aliphatic carbocycles. The lowest BCUT2D eigenvalue weighted by Gasteiger charge is -2.17. The van der Waals surface area contributed by atoms with Gasteiger partial charge in [-0.3, -0.25) is 0 Å². The van der Waals surface area contributed by atoms with Crippen LogP contribution in [-0.4, -0.2) is 9.78 Å². The summed E-state index contributed by atoms with van der Waals surface area (Å²) in [7, 11) is 0. The van der Waals surface area contributed by atoms with Crippen molar-refractivity contribution in [1.29, 1.82) is 0 Å². The third-order valence-corrected chi connectivity index (χ3v) is 2.83. The summed E-state index contributed by atoms with van der Waals surface area (Å²) in [5.74, 6) is 0. The van der Waals surface area contributed by atoms with Crippen molar-refractivity contribution in [1.82, 2.24) is 9.78 Å². The molecule has 0 aliphatic rings. The molecule has 0 radical (unpaired) electrons. The van der Waals surface area contributed by atoms with Gasteiger partial charge >= 0.3 is 0 Å². The lowest BCUT2D eigenvalue weighted by atomic mass is 9.88. The van der Waals surface area contributed by atoms with Gasteiger partial charge in [0.15, 0.2) is 0 Å². The van der Waals surface area contributed by atoms with Crippen molar-refractivity contribution in [3.05, 3.63) is 47.8 Å². The fourth-order valence-electron chi connectivity index (χ4n) is 2.02. The Morgan fingerprint density at radius 2 is 1.76 bits per heavy atom. The first kappa shape index (κ1) is 11.9. The standard InChI is InChI=1S/C15H20N2/c1-12-13(10-15(2,3)4)11-16-17(12)14-8-6-5-7-9-14/h5-9,11H,10H2,1-4H3. The predicted molar refractivity (Wildman–Crippen MR) is 71.5 cm³/mol. The number of hydrogen-bond donors (Lipinski definition) is 0. The molecule has 0 spiro atoms. The molecule has 0 unspecified atom stereocenters. The van der Waals surface area contributed by atoms with E-state index in [-0.39, 0.29) is 0 Å². The van der Waals surface area contributed by atoms with Gasteiger partial charge in [-0.1, -0.05) is 39.0 Å². The van der Waals surface area contributed by atoms with Crippen LogP contribution in [-0.2, 0) is 6.42 Å². The third kappa shape index (κ3) is 2.76. The van der Waals surface area contributed by atoms with Crippen LogP contribution in [0.4, 0.5) is 0 Å². The fourth-order valence-corrected chi connectivity index (χ4v) is 2.02. The van der Waals surface area contributed by atoms with Crippen LogP contribution < -0.4 is 0 Å². The number of benzene rings is 1. The van der Waals surface area contributed by atoms with Crippen molar-refractivity contribution < 1.29 is 0 Å². The van der Waals surface area contributed by atoms with Gasteiger partial charge in [0.2, 0.25) is 0 Å². The van der Waals surface area contributed by atoms with E-state index in [1.54, 1.807) is 0 Å². The molecule has 2 heteroatoms. The number of rotatable bonds is 2. The van der Waals surface area contributed by atoms with Crippen molar-refractivity contribution in [2.45, 2.75) is 34.1 Å². The van der Waals surface area contributed by atoms with E-state index in [1.165, 1.54) is 11.3 Å². The molecule has 2 nitrogen and oxygen atoms in total. The zero-order valence-electron chi connectivity index (χ0n) is 11.1. The van der Waals surface area contributed by atoms with E-state index in [1.807, 2.05) is 29.1 Å². The molecule has 17 heavy (non-hydrogen) atoms. The predicted octanol–water partition coefficient (Wildman–Crippen LogP) is 3.77. The van der Waals surface area contributed by atoms with E-state index in [2.05, 4.69) is 44.9 Å². The highest BCUT2D eigenvalue weighted by molar-refractivity contribution is 5.34. The molecule has 0 saturated carbocycles. The minimum absolute atomic E-state index is 0.301. The summed E-state index contributed by atoms with van der Waals surface area (Å²) in [6, 6.07) is 10.3. The summed E-state index contributed by atoms with van der Waals surface area (Å²) in [6.07, 6.45) is 3.05. The Balaban J connectivity index is 2.34. The normalized spacial score (nSPS) is 11.8. The van der Waals surface area contributed by atoms with Gasteiger partial charge in [0.1, 0.15) is 0 Å². The summed E-state index contributed by atoms with van der Waals surface area (Å²) in [6.45, 7) is 8.91. The smallest absolute Gasteiger partial charge is 0.0648 e. The molecule has 0 N–H and O–H groups in total. The first-order valence-corrected chi connectivity index (χ1v) is 6.06. The molecule has 1 heterocycles. The van der Waals surface area contributed by atoms with E-state index in [9.17, 15) is 0 Å². The van der Waals surface area contributed by atoms with Crippen molar-refractivity contribution in [3.63, 3.8) is 0 Å². The van der Waals surface area contributed by atoms with E-state index in [0.717, 1.165) is 12.1 Å². The summed E-state index contributed by atoms with van der Waals surface area (Å²) in [5.41, 5.74) is 4.01. The summed E-state index contributed by atoms with van der Waals surface area (Å²) in [5, 5.41) is 4.49. The van der Waals surface area contributed by atoms with Crippen molar-refractivity contribution in [2.24, 2.45) is 5.41 Å². The van der Waals surface area contributed by atoms with E-state index in [0.29, 0.717) is 5.41 Å². The van der Waals surface area contributed by atoms with Crippen molar-refractivity contribution in [2.75, 3.05) is 0 Å². The molecule has 0 amide bonds. The molecule has 1 aromatic heterocycles. The highest BCUT2D eigenvalue weighted by Crippen LogP contribution is 2.23. The van der Waals surface area contributed by atoms with Gasteiger partial charge in [0.05, 0.1) is 11.9 Å². The molecule has 2 rings (SSSR count). The summed E-state index contributed by atoms with van der Waals surface area (Å²) in [4.78, 5) is 0. The Morgan fingerprint density at radius 3 is 2.35 bits per heavy atom. The summed E-state index contributed by atoms with van der Waals surface area (Å²) >= 11 is 0. The first-order chi connectivity index (χ1) is 7.97. The minimum Gasteiger partial charge on any atom is -0.238 e. The maximum absolute atomic E-state index is 4.49. The molecule has 0 fully saturated rings. The highest BCUT2D eigenvalue weighted by atomic mass is 15.3. The second-order valence-electron chi connectivity index (χ2n) is 5.74. The van der Waals surface area contributed by atoms with E-state index >= 15 is 0 Å².